The van der Waals surface area contributed by atoms with Crippen LogP contribution in [-0.4, -0.2) is 35.7 Å². The van der Waals surface area contributed by atoms with E-state index >= 15 is 0 Å². The Morgan fingerprint density at radius 3 is 2.75 bits per heavy atom. The van der Waals surface area contributed by atoms with Gasteiger partial charge in [-0.25, -0.2) is 0 Å². The summed E-state index contributed by atoms with van der Waals surface area (Å²) in [6, 6.07) is 16.5. The maximum Gasteiger partial charge on any atom is 0.258 e. The summed E-state index contributed by atoms with van der Waals surface area (Å²) in [5.74, 6) is -0.0219. The third kappa shape index (κ3) is 4.46. The van der Waals surface area contributed by atoms with Gasteiger partial charge in [-0.3, -0.25) is 9.89 Å². The van der Waals surface area contributed by atoms with E-state index < -0.39 is 0 Å². The molecular weight excluding hydrogens is 368 g/mol. The average molecular weight is 393 g/mol. The Morgan fingerprint density at radius 2 is 1.86 bits per heavy atom. The van der Waals surface area contributed by atoms with Crippen molar-refractivity contribution in [1.82, 2.24) is 20.8 Å². The first-order valence-corrected chi connectivity index (χ1v) is 10.5. The highest BCUT2D eigenvalue weighted by molar-refractivity contribution is 8.04. The van der Waals surface area contributed by atoms with Gasteiger partial charge in [0.15, 0.2) is 0 Å². The summed E-state index contributed by atoms with van der Waals surface area (Å²) in [7, 11) is 0. The van der Waals surface area contributed by atoms with Gasteiger partial charge in [0.2, 0.25) is 0 Å². The quantitative estimate of drug-likeness (QED) is 0.485. The van der Waals surface area contributed by atoms with Gasteiger partial charge in [0.1, 0.15) is 0 Å². The monoisotopic (exact) mass is 392 g/mol. The Hall–Kier alpha value is -2.57. The molecule has 4 rings (SSSR count). The SMILES string of the molecule is O=C(NCCCNCCCc1ccccc1)C1=Cc2[nH]nc3cccc(c23)S1. The first-order valence-electron chi connectivity index (χ1n) is 9.71. The van der Waals surface area contributed by atoms with E-state index in [2.05, 4.69) is 45.1 Å². The van der Waals surface area contributed by atoms with Gasteiger partial charge >= 0.3 is 0 Å². The highest BCUT2D eigenvalue weighted by Gasteiger charge is 2.20. The van der Waals surface area contributed by atoms with Crippen molar-refractivity contribution in [1.29, 1.82) is 0 Å². The van der Waals surface area contributed by atoms with Crippen LogP contribution in [0.4, 0.5) is 0 Å². The molecule has 0 saturated heterocycles. The number of carbonyl (C=O) groups excluding carboxylic acids is 1. The molecule has 3 aromatic rings. The van der Waals surface area contributed by atoms with Gasteiger partial charge in [-0.15, -0.1) is 0 Å². The number of nitrogens with one attached hydrogen (secondary N) is 3. The summed E-state index contributed by atoms with van der Waals surface area (Å²) in [5.41, 5.74) is 3.23. The number of amides is 1. The predicted octanol–water partition coefficient (Wildman–Crippen LogP) is 3.74. The maximum atomic E-state index is 12.5. The Labute approximate surface area is 169 Å². The van der Waals surface area contributed by atoms with Crippen molar-refractivity contribution >= 4 is 34.6 Å². The Kier molecular flexibility index (Phi) is 6.09. The number of aryl methyl sites for hydroxylation is 1. The molecule has 1 amide bonds. The van der Waals surface area contributed by atoms with Crippen LogP contribution in [0.15, 0.2) is 58.3 Å². The van der Waals surface area contributed by atoms with Gasteiger partial charge in [-0.1, -0.05) is 48.2 Å². The van der Waals surface area contributed by atoms with Crippen LogP contribution in [0.1, 0.15) is 24.1 Å². The number of nitrogens with zero attached hydrogens (tertiary/aromatic N) is 1. The number of H-pyrrole nitrogens is 1. The maximum absolute atomic E-state index is 12.5. The lowest BCUT2D eigenvalue weighted by Gasteiger charge is -2.13. The van der Waals surface area contributed by atoms with Crippen molar-refractivity contribution in [3.63, 3.8) is 0 Å². The van der Waals surface area contributed by atoms with Crippen molar-refractivity contribution in [2.24, 2.45) is 0 Å². The molecule has 2 heterocycles. The molecule has 5 nitrogen and oxygen atoms in total. The fourth-order valence-corrected chi connectivity index (χ4v) is 4.37. The standard InChI is InChI=1S/C22H24N4OS/c27-22(20-15-18-21-17(25-26-18)10-4-11-19(21)28-20)24-14-6-13-23-12-5-9-16-7-2-1-3-8-16/h1-4,7-8,10-11,15,23H,5-6,9,12-14H2,(H,24,27)(H,25,26). The highest BCUT2D eigenvalue weighted by Crippen LogP contribution is 2.39. The molecule has 0 unspecified atom stereocenters. The molecule has 0 spiro atoms. The van der Waals surface area contributed by atoms with Crippen LogP contribution in [0.3, 0.4) is 0 Å². The van der Waals surface area contributed by atoms with E-state index in [0.717, 1.165) is 53.8 Å². The molecule has 2 aromatic carbocycles. The van der Waals surface area contributed by atoms with Crippen LogP contribution in [0, 0.1) is 0 Å². The van der Waals surface area contributed by atoms with Crippen molar-refractivity contribution in [2.45, 2.75) is 24.2 Å². The number of hydrogen-bond acceptors (Lipinski definition) is 4. The van der Waals surface area contributed by atoms with Crippen LogP contribution in [0.5, 0.6) is 0 Å². The number of aromatic amines is 1. The number of hydrogen-bond donors (Lipinski definition) is 3. The average Bonchev–Trinajstić information content (AvgIpc) is 3.15. The number of benzene rings is 2. The Morgan fingerprint density at radius 1 is 1.00 bits per heavy atom. The normalized spacial score (nSPS) is 12.8. The molecule has 0 atom stereocenters. The molecule has 1 aliphatic heterocycles. The molecule has 0 bridgehead atoms. The summed E-state index contributed by atoms with van der Waals surface area (Å²) in [5, 5.41) is 14.9. The van der Waals surface area contributed by atoms with Gasteiger partial charge < -0.3 is 10.6 Å². The summed E-state index contributed by atoms with van der Waals surface area (Å²) >= 11 is 1.51. The number of thioether (sulfide) groups is 1. The first-order chi connectivity index (χ1) is 13.8. The molecule has 0 saturated carbocycles. The molecule has 0 radical (unpaired) electrons. The molecule has 1 aromatic heterocycles. The minimum absolute atomic E-state index is 0.0219. The van der Waals surface area contributed by atoms with Crippen LogP contribution in [0.2, 0.25) is 0 Å². The van der Waals surface area contributed by atoms with E-state index in [1.807, 2.05) is 30.3 Å². The van der Waals surface area contributed by atoms with Gasteiger partial charge in [-0.2, -0.15) is 5.10 Å². The minimum atomic E-state index is -0.0219. The lowest BCUT2D eigenvalue weighted by atomic mass is 10.1. The first kappa shape index (κ1) is 18.8. The molecule has 0 fully saturated rings. The van der Waals surface area contributed by atoms with E-state index in [9.17, 15) is 4.79 Å². The second kappa shape index (κ2) is 9.08. The smallest absolute Gasteiger partial charge is 0.258 e. The van der Waals surface area contributed by atoms with Crippen LogP contribution in [-0.2, 0) is 11.2 Å². The summed E-state index contributed by atoms with van der Waals surface area (Å²) in [6.07, 6.45) is 5.03. The summed E-state index contributed by atoms with van der Waals surface area (Å²) in [6.45, 7) is 2.57. The lowest BCUT2D eigenvalue weighted by molar-refractivity contribution is -0.116. The van der Waals surface area contributed by atoms with Crippen molar-refractivity contribution < 1.29 is 4.79 Å². The van der Waals surface area contributed by atoms with E-state index in [1.165, 1.54) is 17.3 Å². The fraction of sp³-hybridized carbons (Fsp3) is 0.273. The molecule has 28 heavy (non-hydrogen) atoms. The fourth-order valence-electron chi connectivity index (χ4n) is 3.33. The van der Waals surface area contributed by atoms with E-state index in [4.69, 9.17) is 0 Å². The topological polar surface area (TPSA) is 69.8 Å². The zero-order valence-corrected chi connectivity index (χ0v) is 16.5. The zero-order valence-electron chi connectivity index (χ0n) is 15.7. The van der Waals surface area contributed by atoms with Crippen molar-refractivity contribution in [3.8, 4) is 0 Å². The van der Waals surface area contributed by atoms with E-state index in [1.54, 1.807) is 0 Å². The second-order valence-corrected chi connectivity index (χ2v) is 7.93. The van der Waals surface area contributed by atoms with Crippen molar-refractivity contribution in [3.05, 3.63) is 64.7 Å². The van der Waals surface area contributed by atoms with Gasteiger partial charge in [0, 0.05) is 16.8 Å². The van der Waals surface area contributed by atoms with Crippen LogP contribution >= 0.6 is 11.8 Å². The number of rotatable bonds is 9. The molecule has 1 aliphatic rings. The van der Waals surface area contributed by atoms with Crippen LogP contribution < -0.4 is 10.6 Å². The third-order valence-electron chi connectivity index (χ3n) is 4.77. The number of aromatic nitrogens is 2. The van der Waals surface area contributed by atoms with Crippen LogP contribution in [0.25, 0.3) is 17.0 Å². The van der Waals surface area contributed by atoms with E-state index in [0.29, 0.717) is 11.4 Å². The lowest BCUT2D eigenvalue weighted by Crippen LogP contribution is -2.28. The molecule has 6 heteroatoms. The largest absolute Gasteiger partial charge is 0.352 e. The van der Waals surface area contributed by atoms with Crippen molar-refractivity contribution in [2.75, 3.05) is 19.6 Å². The molecule has 0 aliphatic carbocycles. The summed E-state index contributed by atoms with van der Waals surface area (Å²) < 4.78 is 0. The molecule has 3 N–H and O–H groups in total. The predicted molar refractivity (Wildman–Crippen MR) is 115 cm³/mol. The minimum Gasteiger partial charge on any atom is -0.352 e. The Bertz CT molecular complexity index is 981. The third-order valence-corrected chi connectivity index (χ3v) is 5.85. The van der Waals surface area contributed by atoms with E-state index in [-0.39, 0.29) is 5.91 Å². The zero-order chi connectivity index (χ0) is 19.2. The van der Waals surface area contributed by atoms with Gasteiger partial charge in [-0.05, 0) is 56.1 Å². The van der Waals surface area contributed by atoms with Gasteiger partial charge in [0.05, 0.1) is 16.1 Å². The highest BCUT2D eigenvalue weighted by atomic mass is 32.2. The molecule has 144 valence electrons. The second-order valence-electron chi connectivity index (χ2n) is 6.85. The molecular formula is C22H24N4OS. The number of carbonyl (C=O) groups is 1. The Balaban J connectivity index is 1.15. The summed E-state index contributed by atoms with van der Waals surface area (Å²) in [4.78, 5) is 14.3. The van der Waals surface area contributed by atoms with Gasteiger partial charge in [0.25, 0.3) is 5.91 Å².